The van der Waals surface area contributed by atoms with E-state index in [1.54, 1.807) is 4.90 Å². The van der Waals surface area contributed by atoms with Crippen LogP contribution in [-0.4, -0.2) is 36.4 Å². The molecule has 0 unspecified atom stereocenters. The van der Waals surface area contributed by atoms with E-state index in [1.807, 2.05) is 11.3 Å². The summed E-state index contributed by atoms with van der Waals surface area (Å²) in [6.45, 7) is 11.9. The van der Waals surface area contributed by atoms with Crippen molar-refractivity contribution in [1.29, 1.82) is 0 Å². The van der Waals surface area contributed by atoms with Crippen LogP contribution in [0.4, 0.5) is 0 Å². The number of hydrogen-bond acceptors (Lipinski definition) is 4. The molecule has 3 aliphatic rings. The van der Waals surface area contributed by atoms with Crippen LogP contribution in [0.25, 0.3) is 0 Å². The second-order valence-electron chi connectivity index (χ2n) is 8.39. The minimum atomic E-state index is 0.274. The Morgan fingerprint density at radius 3 is 2.74 bits per heavy atom. The number of piperidine rings is 1. The number of nitrogens with zero attached hydrogens (tertiary/aromatic N) is 3. The summed E-state index contributed by atoms with van der Waals surface area (Å²) in [6, 6.07) is 0. The molecule has 5 heteroatoms. The van der Waals surface area contributed by atoms with E-state index in [-0.39, 0.29) is 5.41 Å². The van der Waals surface area contributed by atoms with Crippen LogP contribution in [0, 0.1) is 5.41 Å². The van der Waals surface area contributed by atoms with Crippen LogP contribution in [0.1, 0.15) is 69.4 Å². The van der Waals surface area contributed by atoms with Crippen molar-refractivity contribution in [1.82, 2.24) is 10.2 Å². The Hall–Kier alpha value is -0.810. The third-order valence-corrected chi connectivity index (χ3v) is 8.26. The van der Waals surface area contributed by atoms with Gasteiger partial charge < -0.3 is 4.90 Å². The normalized spacial score (nSPS) is 33.2. The maximum absolute atomic E-state index is 4.76. The standard InChI is InChI=1S/C18H28N4S/c1-17(2)13-7-8-18(17,3)15-14(13)20-21-16(23-15)19-9-12-22-10-5-4-6-11-22/h13H,4-12H2,1-3H3/p+1/t13-,18+/m0/s1. The molecule has 2 bridgehead atoms. The van der Waals surface area contributed by atoms with Gasteiger partial charge in [-0.3, -0.25) is 4.99 Å². The lowest BCUT2D eigenvalue weighted by Gasteiger charge is -2.34. The summed E-state index contributed by atoms with van der Waals surface area (Å²) in [7, 11) is 0. The van der Waals surface area contributed by atoms with Crippen LogP contribution in [0.15, 0.2) is 4.99 Å². The first-order valence-electron chi connectivity index (χ1n) is 9.25. The highest BCUT2D eigenvalue weighted by atomic mass is 32.1. The van der Waals surface area contributed by atoms with Crippen molar-refractivity contribution in [3.63, 3.8) is 0 Å². The molecular formula is C18H29N4S+. The third-order valence-electron chi connectivity index (χ3n) is 7.00. The second kappa shape index (κ2) is 5.62. The Balaban J connectivity index is 1.54. The summed E-state index contributed by atoms with van der Waals surface area (Å²) in [5.74, 6) is 0.595. The van der Waals surface area contributed by atoms with Crippen molar-refractivity contribution in [2.45, 2.75) is 64.2 Å². The van der Waals surface area contributed by atoms with E-state index in [2.05, 4.69) is 31.0 Å². The van der Waals surface area contributed by atoms with Gasteiger partial charge in [0.1, 0.15) is 0 Å². The molecule has 0 spiro atoms. The molecule has 0 aromatic carbocycles. The number of fused-ring (bicyclic) bond motifs is 5. The van der Waals surface area contributed by atoms with Crippen LogP contribution >= 0.6 is 11.3 Å². The SMILES string of the molecule is CC1(C)[C@H]2CC[C@]1(C)c1sc(=NCC[NH+]3CCCCC3)nnc12. The van der Waals surface area contributed by atoms with Gasteiger partial charge in [0.05, 0.1) is 31.9 Å². The molecule has 1 aliphatic heterocycles. The molecule has 2 atom stereocenters. The predicted molar refractivity (Wildman–Crippen MR) is 92.9 cm³/mol. The average molecular weight is 334 g/mol. The topological polar surface area (TPSA) is 42.6 Å². The first-order valence-corrected chi connectivity index (χ1v) is 10.1. The molecule has 0 radical (unpaired) electrons. The van der Waals surface area contributed by atoms with E-state index in [4.69, 9.17) is 4.99 Å². The lowest BCUT2D eigenvalue weighted by atomic mass is 9.71. The van der Waals surface area contributed by atoms with Gasteiger partial charge in [-0.25, -0.2) is 0 Å². The second-order valence-corrected chi connectivity index (χ2v) is 9.36. The Bertz CT molecular complexity index is 659. The van der Waals surface area contributed by atoms with Gasteiger partial charge in [-0.2, -0.15) is 5.10 Å². The van der Waals surface area contributed by atoms with Crippen LogP contribution < -0.4 is 9.70 Å². The van der Waals surface area contributed by atoms with E-state index in [1.165, 1.54) is 55.8 Å². The molecular weight excluding hydrogens is 304 g/mol. The van der Waals surface area contributed by atoms with Crippen molar-refractivity contribution < 1.29 is 4.90 Å². The summed E-state index contributed by atoms with van der Waals surface area (Å²) in [5.41, 5.74) is 1.86. The van der Waals surface area contributed by atoms with Gasteiger partial charge in [-0.05, 0) is 37.5 Å². The average Bonchev–Trinajstić information content (AvgIpc) is 2.88. The zero-order valence-corrected chi connectivity index (χ0v) is 15.5. The molecule has 1 aromatic heterocycles. The van der Waals surface area contributed by atoms with Crippen molar-refractivity contribution in [3.8, 4) is 0 Å². The number of hydrogen-bond donors (Lipinski definition) is 1. The summed E-state index contributed by atoms with van der Waals surface area (Å²) < 4.78 is 0. The quantitative estimate of drug-likeness (QED) is 0.914. The Morgan fingerprint density at radius 2 is 1.96 bits per heavy atom. The third kappa shape index (κ3) is 2.39. The number of nitrogens with one attached hydrogen (secondary N) is 1. The fourth-order valence-corrected chi connectivity index (χ4v) is 6.29. The first-order chi connectivity index (χ1) is 11.0. The van der Waals surface area contributed by atoms with Gasteiger partial charge in [0.15, 0.2) is 0 Å². The fourth-order valence-electron chi connectivity index (χ4n) is 4.99. The first kappa shape index (κ1) is 15.7. The highest BCUT2D eigenvalue weighted by Crippen LogP contribution is 2.67. The lowest BCUT2D eigenvalue weighted by Crippen LogP contribution is -3.13. The maximum atomic E-state index is 4.76. The molecule has 1 saturated heterocycles. The van der Waals surface area contributed by atoms with E-state index >= 15 is 0 Å². The van der Waals surface area contributed by atoms with Gasteiger partial charge in [0.25, 0.3) is 0 Å². The molecule has 1 saturated carbocycles. The zero-order valence-electron chi connectivity index (χ0n) is 14.7. The molecule has 2 aliphatic carbocycles. The molecule has 1 N–H and O–H groups in total. The van der Waals surface area contributed by atoms with Crippen LogP contribution in [0.3, 0.4) is 0 Å². The van der Waals surface area contributed by atoms with E-state index in [0.29, 0.717) is 11.3 Å². The number of aromatic nitrogens is 2. The molecule has 2 fully saturated rings. The fraction of sp³-hybridized carbons (Fsp3) is 0.833. The highest BCUT2D eigenvalue weighted by molar-refractivity contribution is 7.09. The molecule has 4 nitrogen and oxygen atoms in total. The number of likely N-dealkylation sites (tertiary alicyclic amines) is 1. The monoisotopic (exact) mass is 333 g/mol. The van der Waals surface area contributed by atoms with E-state index in [0.717, 1.165) is 17.9 Å². The van der Waals surface area contributed by atoms with Gasteiger partial charge in [-0.1, -0.05) is 32.1 Å². The molecule has 2 heterocycles. The Labute approximate surface area is 143 Å². The number of quaternary nitrogens is 1. The van der Waals surface area contributed by atoms with Gasteiger partial charge >= 0.3 is 0 Å². The van der Waals surface area contributed by atoms with Crippen molar-refractivity contribution in [2.24, 2.45) is 10.4 Å². The maximum Gasteiger partial charge on any atom is 0.225 e. The smallest absolute Gasteiger partial charge is 0.225 e. The van der Waals surface area contributed by atoms with E-state index in [9.17, 15) is 0 Å². The molecule has 0 amide bonds. The summed E-state index contributed by atoms with van der Waals surface area (Å²) in [5, 5.41) is 9.05. The lowest BCUT2D eigenvalue weighted by molar-refractivity contribution is -0.903. The summed E-state index contributed by atoms with van der Waals surface area (Å²) >= 11 is 1.81. The van der Waals surface area contributed by atoms with Gasteiger partial charge in [-0.15, -0.1) is 5.10 Å². The molecule has 23 heavy (non-hydrogen) atoms. The van der Waals surface area contributed by atoms with E-state index < -0.39 is 0 Å². The van der Waals surface area contributed by atoms with Gasteiger partial charge in [0.2, 0.25) is 4.80 Å². The predicted octanol–water partition coefficient (Wildman–Crippen LogP) is 1.68. The number of rotatable bonds is 3. The largest absolute Gasteiger partial charge is 0.333 e. The van der Waals surface area contributed by atoms with Crippen molar-refractivity contribution >= 4 is 11.3 Å². The van der Waals surface area contributed by atoms with Crippen molar-refractivity contribution in [2.75, 3.05) is 26.2 Å². The minimum Gasteiger partial charge on any atom is -0.333 e. The Kier molecular flexibility index (Phi) is 3.84. The van der Waals surface area contributed by atoms with Crippen LogP contribution in [0.5, 0.6) is 0 Å². The van der Waals surface area contributed by atoms with Crippen molar-refractivity contribution in [3.05, 3.63) is 15.4 Å². The van der Waals surface area contributed by atoms with Gasteiger partial charge in [0, 0.05) is 16.2 Å². The minimum absolute atomic E-state index is 0.274. The molecule has 1 aromatic rings. The van der Waals surface area contributed by atoms with Crippen LogP contribution in [0.2, 0.25) is 0 Å². The molecule has 4 rings (SSSR count). The zero-order chi connectivity index (χ0) is 16.1. The Morgan fingerprint density at radius 1 is 1.17 bits per heavy atom. The molecule has 126 valence electrons. The highest BCUT2D eigenvalue weighted by Gasteiger charge is 2.61. The summed E-state index contributed by atoms with van der Waals surface area (Å²) in [6.07, 6.45) is 6.73. The van der Waals surface area contributed by atoms with Crippen LogP contribution in [-0.2, 0) is 5.41 Å². The summed E-state index contributed by atoms with van der Waals surface area (Å²) in [4.78, 5) is 8.84.